The Labute approximate surface area is 104 Å². The van der Waals surface area contributed by atoms with Gasteiger partial charge in [0.15, 0.2) is 0 Å². The maximum atomic E-state index is 11.0. The molecule has 1 aromatic rings. The zero-order chi connectivity index (χ0) is 12.3. The molecule has 0 fully saturated rings. The highest BCUT2D eigenvalue weighted by atomic mass is 79.9. The molecular formula is C10H15BrN2O2S. The lowest BCUT2D eigenvalue weighted by molar-refractivity contribution is 0.602. The van der Waals surface area contributed by atoms with E-state index in [2.05, 4.69) is 21.2 Å². The second-order valence-corrected chi connectivity index (χ2v) is 6.86. The Balaban J connectivity index is 2.71. The number of nitrogens with two attached hydrogens (primary N) is 1. The van der Waals surface area contributed by atoms with Crippen LogP contribution in [0.3, 0.4) is 0 Å². The number of halogens is 1. The molecule has 0 aliphatic heterocycles. The molecule has 90 valence electrons. The molecule has 0 saturated carbocycles. The largest absolute Gasteiger partial charge is 0.398 e. The van der Waals surface area contributed by atoms with Crippen molar-refractivity contribution in [3.8, 4) is 0 Å². The van der Waals surface area contributed by atoms with E-state index in [1.54, 1.807) is 6.07 Å². The number of rotatable bonds is 4. The third-order valence-electron chi connectivity index (χ3n) is 2.14. The molecule has 0 radical (unpaired) electrons. The number of benzene rings is 1. The van der Waals surface area contributed by atoms with E-state index in [0.29, 0.717) is 12.2 Å². The van der Waals surface area contributed by atoms with Crippen LogP contribution in [0.25, 0.3) is 0 Å². The maximum Gasteiger partial charge on any atom is 0.149 e. The summed E-state index contributed by atoms with van der Waals surface area (Å²) < 4.78 is 22.7. The first-order valence-electron chi connectivity index (χ1n) is 4.77. The van der Waals surface area contributed by atoms with Gasteiger partial charge in [-0.25, -0.2) is 8.42 Å². The van der Waals surface area contributed by atoms with Gasteiger partial charge in [0, 0.05) is 28.6 Å². The average Bonchev–Trinajstić information content (AvgIpc) is 2.11. The van der Waals surface area contributed by atoms with Gasteiger partial charge in [0.1, 0.15) is 9.84 Å². The molecule has 4 nitrogen and oxygen atoms in total. The number of hydrogen-bond acceptors (Lipinski definition) is 4. The summed E-state index contributed by atoms with van der Waals surface area (Å²) >= 11 is 3.37. The van der Waals surface area contributed by atoms with Crippen LogP contribution in [0.5, 0.6) is 0 Å². The molecule has 0 amide bonds. The minimum Gasteiger partial charge on any atom is -0.398 e. The van der Waals surface area contributed by atoms with Crippen LogP contribution in [0.15, 0.2) is 16.6 Å². The van der Waals surface area contributed by atoms with Crippen molar-refractivity contribution in [2.75, 3.05) is 29.6 Å². The molecule has 0 atom stereocenters. The maximum absolute atomic E-state index is 11.0. The second kappa shape index (κ2) is 5.05. The molecule has 0 aliphatic rings. The van der Waals surface area contributed by atoms with Crippen LogP contribution < -0.4 is 11.1 Å². The number of nitrogen functional groups attached to an aromatic ring is 1. The monoisotopic (exact) mass is 306 g/mol. The summed E-state index contributed by atoms with van der Waals surface area (Å²) in [4.78, 5) is 0. The Kier molecular flexibility index (Phi) is 4.21. The number of hydrogen-bond donors (Lipinski definition) is 2. The smallest absolute Gasteiger partial charge is 0.149 e. The predicted octanol–water partition coefficient (Wildman–Crippen LogP) is 1.80. The fourth-order valence-corrected chi connectivity index (χ4v) is 2.18. The van der Waals surface area contributed by atoms with Crippen molar-refractivity contribution in [1.82, 2.24) is 0 Å². The highest BCUT2D eigenvalue weighted by Gasteiger charge is 2.05. The van der Waals surface area contributed by atoms with Gasteiger partial charge in [0.05, 0.1) is 5.75 Å². The molecule has 6 heteroatoms. The number of anilines is 2. The van der Waals surface area contributed by atoms with Gasteiger partial charge in [0.2, 0.25) is 0 Å². The highest BCUT2D eigenvalue weighted by molar-refractivity contribution is 9.10. The van der Waals surface area contributed by atoms with Gasteiger partial charge in [-0.15, -0.1) is 0 Å². The summed E-state index contributed by atoms with van der Waals surface area (Å²) in [5.74, 6) is 0.114. The molecule has 0 unspecified atom stereocenters. The van der Waals surface area contributed by atoms with Crippen LogP contribution in [0.4, 0.5) is 11.4 Å². The summed E-state index contributed by atoms with van der Waals surface area (Å²) in [5, 5.41) is 3.06. The number of aryl methyl sites for hydroxylation is 1. The van der Waals surface area contributed by atoms with Crippen LogP contribution >= 0.6 is 15.9 Å². The van der Waals surface area contributed by atoms with E-state index in [0.717, 1.165) is 15.7 Å². The molecule has 1 rings (SSSR count). The summed E-state index contributed by atoms with van der Waals surface area (Å²) in [7, 11) is -2.93. The van der Waals surface area contributed by atoms with Gasteiger partial charge in [-0.1, -0.05) is 0 Å². The Morgan fingerprint density at radius 2 is 2.06 bits per heavy atom. The van der Waals surface area contributed by atoms with E-state index in [4.69, 9.17) is 5.73 Å². The molecule has 16 heavy (non-hydrogen) atoms. The number of sulfone groups is 1. The lowest BCUT2D eigenvalue weighted by atomic mass is 10.2. The van der Waals surface area contributed by atoms with Crippen molar-refractivity contribution in [3.05, 3.63) is 22.2 Å². The average molecular weight is 307 g/mol. The first-order valence-corrected chi connectivity index (χ1v) is 7.62. The van der Waals surface area contributed by atoms with Crippen LogP contribution in [0, 0.1) is 6.92 Å². The Morgan fingerprint density at radius 1 is 1.44 bits per heavy atom. The SMILES string of the molecule is Cc1cc(NCCS(C)(=O)=O)c(Br)cc1N. The van der Waals surface area contributed by atoms with Crippen molar-refractivity contribution in [2.24, 2.45) is 0 Å². The fraction of sp³-hybridized carbons (Fsp3) is 0.400. The van der Waals surface area contributed by atoms with Crippen molar-refractivity contribution in [3.63, 3.8) is 0 Å². The zero-order valence-corrected chi connectivity index (χ0v) is 11.7. The minimum absolute atomic E-state index is 0.114. The first-order chi connectivity index (χ1) is 7.29. The molecule has 0 saturated heterocycles. The normalized spacial score (nSPS) is 11.4. The van der Waals surface area contributed by atoms with Crippen molar-refractivity contribution < 1.29 is 8.42 Å². The molecular weight excluding hydrogens is 292 g/mol. The van der Waals surface area contributed by atoms with E-state index < -0.39 is 9.84 Å². The minimum atomic E-state index is -2.93. The van der Waals surface area contributed by atoms with Gasteiger partial charge in [-0.05, 0) is 40.5 Å². The summed E-state index contributed by atoms with van der Waals surface area (Å²) in [6.45, 7) is 2.30. The first kappa shape index (κ1) is 13.3. The molecule has 0 bridgehead atoms. The molecule has 0 heterocycles. The molecule has 1 aromatic carbocycles. The standard InChI is InChI=1S/C10H15BrN2O2S/c1-7-5-10(8(11)6-9(7)12)13-3-4-16(2,14)15/h5-6,13H,3-4,12H2,1-2H3. The third-order valence-corrected chi connectivity index (χ3v) is 3.75. The van der Waals surface area contributed by atoms with Gasteiger partial charge in [0.25, 0.3) is 0 Å². The van der Waals surface area contributed by atoms with E-state index in [1.165, 1.54) is 6.26 Å². The molecule has 0 spiro atoms. The van der Waals surface area contributed by atoms with Crippen molar-refractivity contribution in [1.29, 1.82) is 0 Å². The summed E-state index contributed by atoms with van der Waals surface area (Å²) in [5.41, 5.74) is 8.26. The van der Waals surface area contributed by atoms with Gasteiger partial charge in [-0.2, -0.15) is 0 Å². The fourth-order valence-electron chi connectivity index (χ4n) is 1.20. The molecule has 0 aliphatic carbocycles. The lowest BCUT2D eigenvalue weighted by Crippen LogP contribution is -2.14. The van der Waals surface area contributed by atoms with Crippen molar-refractivity contribution in [2.45, 2.75) is 6.92 Å². The van der Waals surface area contributed by atoms with Crippen LogP contribution in [0.1, 0.15) is 5.56 Å². The van der Waals surface area contributed by atoms with Crippen LogP contribution in [-0.2, 0) is 9.84 Å². The quantitative estimate of drug-likeness (QED) is 0.832. The lowest BCUT2D eigenvalue weighted by Gasteiger charge is -2.10. The Hall–Kier alpha value is -0.750. The zero-order valence-electron chi connectivity index (χ0n) is 9.25. The number of nitrogens with one attached hydrogen (secondary N) is 1. The Morgan fingerprint density at radius 3 is 2.62 bits per heavy atom. The van der Waals surface area contributed by atoms with E-state index >= 15 is 0 Å². The van der Waals surface area contributed by atoms with Crippen LogP contribution in [0.2, 0.25) is 0 Å². The van der Waals surface area contributed by atoms with Crippen molar-refractivity contribution >= 4 is 37.1 Å². The summed E-state index contributed by atoms with van der Waals surface area (Å²) in [6, 6.07) is 3.69. The van der Waals surface area contributed by atoms with Crippen LogP contribution in [-0.4, -0.2) is 27.0 Å². The van der Waals surface area contributed by atoms with Gasteiger partial charge in [-0.3, -0.25) is 0 Å². The van der Waals surface area contributed by atoms with Gasteiger partial charge < -0.3 is 11.1 Å². The summed E-state index contributed by atoms with van der Waals surface area (Å²) in [6.07, 6.45) is 1.22. The molecule has 3 N–H and O–H groups in total. The third kappa shape index (κ3) is 4.02. The predicted molar refractivity (Wildman–Crippen MR) is 71.5 cm³/mol. The van der Waals surface area contributed by atoms with E-state index in [1.807, 2.05) is 13.0 Å². The van der Waals surface area contributed by atoms with E-state index in [-0.39, 0.29) is 5.75 Å². The molecule has 0 aromatic heterocycles. The van der Waals surface area contributed by atoms with Gasteiger partial charge >= 0.3 is 0 Å². The highest BCUT2D eigenvalue weighted by Crippen LogP contribution is 2.27. The second-order valence-electron chi connectivity index (χ2n) is 3.75. The van der Waals surface area contributed by atoms with E-state index in [9.17, 15) is 8.42 Å². The topological polar surface area (TPSA) is 72.2 Å². The Bertz CT molecular complexity index is 486.